The number of thiophene rings is 1. The molecule has 1 unspecified atom stereocenters. The van der Waals surface area contributed by atoms with Gasteiger partial charge < -0.3 is 0 Å². The van der Waals surface area contributed by atoms with E-state index in [-0.39, 0.29) is 0 Å². The van der Waals surface area contributed by atoms with Crippen LogP contribution in [-0.4, -0.2) is 19.4 Å². The number of rotatable bonds is 3. The number of halogens is 1. The van der Waals surface area contributed by atoms with Crippen LogP contribution in [0.15, 0.2) is 12.1 Å². The Morgan fingerprint density at radius 3 is 2.27 bits per heavy atom. The predicted molar refractivity (Wildman–Crippen MR) is 66.6 cm³/mol. The van der Waals surface area contributed by atoms with E-state index in [4.69, 9.17) is 11.6 Å². The minimum atomic E-state index is -3.17. The van der Waals surface area contributed by atoms with Gasteiger partial charge in [0.05, 0.1) is 10.1 Å². The van der Waals surface area contributed by atoms with E-state index < -0.39 is 20.0 Å². The second-order valence-electron chi connectivity index (χ2n) is 4.19. The van der Waals surface area contributed by atoms with Crippen molar-refractivity contribution in [3.05, 3.63) is 21.9 Å². The minimum absolute atomic E-state index is 0.494. The molecule has 0 aliphatic carbocycles. The molecule has 15 heavy (non-hydrogen) atoms. The van der Waals surface area contributed by atoms with Gasteiger partial charge in [0.1, 0.15) is 0 Å². The molecule has 1 heterocycles. The fraction of sp³-hybridized carbons (Fsp3) is 0.600. The highest BCUT2D eigenvalue weighted by Gasteiger charge is 2.39. The Balaban J connectivity index is 3.10. The second-order valence-corrected chi connectivity index (χ2v) is 8.54. The van der Waals surface area contributed by atoms with Crippen molar-refractivity contribution in [2.24, 2.45) is 0 Å². The standard InChI is InChI=1S/C10H15ClO2S2/c1-7-5-6-8(14-7)9(11)10(2,3)15(4,12)13/h5-6,9H,1-4H3. The molecule has 1 rings (SSSR count). The highest BCUT2D eigenvalue weighted by atomic mass is 35.5. The zero-order valence-electron chi connectivity index (χ0n) is 9.24. The maximum absolute atomic E-state index is 11.6. The topological polar surface area (TPSA) is 34.1 Å². The summed E-state index contributed by atoms with van der Waals surface area (Å²) in [4.78, 5) is 2.05. The number of alkyl halides is 1. The Morgan fingerprint density at radius 1 is 1.40 bits per heavy atom. The molecule has 0 aromatic carbocycles. The van der Waals surface area contributed by atoms with Gasteiger partial charge >= 0.3 is 0 Å². The molecule has 0 saturated carbocycles. The molecule has 0 amide bonds. The summed E-state index contributed by atoms with van der Waals surface area (Å²) in [5.74, 6) is 0. The lowest BCUT2D eigenvalue weighted by atomic mass is 10.1. The van der Waals surface area contributed by atoms with Gasteiger partial charge in [-0.25, -0.2) is 8.42 Å². The lowest BCUT2D eigenvalue weighted by Gasteiger charge is -2.27. The summed E-state index contributed by atoms with van der Waals surface area (Å²) in [6.45, 7) is 5.30. The SMILES string of the molecule is Cc1ccc(C(Cl)C(C)(C)S(C)(=O)=O)s1. The first-order valence-electron chi connectivity index (χ1n) is 4.56. The van der Waals surface area contributed by atoms with Gasteiger partial charge in [0.2, 0.25) is 0 Å². The van der Waals surface area contributed by atoms with Crippen molar-refractivity contribution in [3.63, 3.8) is 0 Å². The number of aryl methyl sites for hydroxylation is 1. The zero-order valence-corrected chi connectivity index (χ0v) is 11.6. The molecule has 1 aromatic heterocycles. The zero-order chi connectivity index (χ0) is 11.9. The quantitative estimate of drug-likeness (QED) is 0.788. The molecule has 0 spiro atoms. The molecular weight excluding hydrogens is 252 g/mol. The van der Waals surface area contributed by atoms with E-state index in [1.807, 2.05) is 19.1 Å². The molecule has 86 valence electrons. The van der Waals surface area contributed by atoms with E-state index in [0.29, 0.717) is 0 Å². The Morgan fingerprint density at radius 2 is 1.93 bits per heavy atom. The van der Waals surface area contributed by atoms with Gasteiger partial charge in [-0.05, 0) is 32.9 Å². The maximum atomic E-state index is 11.6. The molecule has 1 atom stereocenters. The van der Waals surface area contributed by atoms with Crippen LogP contribution in [0.5, 0.6) is 0 Å². The Kier molecular flexibility index (Phi) is 3.53. The average molecular weight is 267 g/mol. The molecule has 2 nitrogen and oxygen atoms in total. The molecule has 0 aliphatic heterocycles. The van der Waals surface area contributed by atoms with Crippen molar-refractivity contribution >= 4 is 32.8 Å². The molecule has 0 radical (unpaired) electrons. The van der Waals surface area contributed by atoms with Crippen LogP contribution in [-0.2, 0) is 9.84 Å². The lowest BCUT2D eigenvalue weighted by molar-refractivity contribution is 0.545. The van der Waals surface area contributed by atoms with Crippen LogP contribution in [0.2, 0.25) is 0 Å². The first-order valence-corrected chi connectivity index (χ1v) is 7.70. The van der Waals surface area contributed by atoms with Gasteiger partial charge in [0, 0.05) is 16.0 Å². The number of sulfone groups is 1. The smallest absolute Gasteiger partial charge is 0.154 e. The highest BCUT2D eigenvalue weighted by molar-refractivity contribution is 7.92. The van der Waals surface area contributed by atoms with Gasteiger partial charge in [-0.2, -0.15) is 0 Å². The van der Waals surface area contributed by atoms with Crippen molar-refractivity contribution in [2.75, 3.05) is 6.26 Å². The molecule has 0 bridgehead atoms. The first-order chi connectivity index (χ1) is 6.66. The van der Waals surface area contributed by atoms with Gasteiger partial charge in [-0.1, -0.05) is 0 Å². The van der Waals surface area contributed by atoms with Gasteiger partial charge in [-0.15, -0.1) is 22.9 Å². The number of hydrogen-bond donors (Lipinski definition) is 0. The largest absolute Gasteiger partial charge is 0.229 e. The van der Waals surface area contributed by atoms with Crippen LogP contribution in [0, 0.1) is 6.92 Å². The van der Waals surface area contributed by atoms with E-state index >= 15 is 0 Å². The molecule has 0 fully saturated rings. The van der Waals surface area contributed by atoms with Crippen LogP contribution in [0.1, 0.15) is 29.0 Å². The first kappa shape index (κ1) is 13.0. The normalized spacial score (nSPS) is 15.3. The van der Waals surface area contributed by atoms with Crippen LogP contribution >= 0.6 is 22.9 Å². The van der Waals surface area contributed by atoms with Crippen molar-refractivity contribution in [1.82, 2.24) is 0 Å². The van der Waals surface area contributed by atoms with Crippen molar-refractivity contribution in [3.8, 4) is 0 Å². The fourth-order valence-electron chi connectivity index (χ4n) is 1.12. The van der Waals surface area contributed by atoms with E-state index in [1.54, 1.807) is 25.2 Å². The fourth-order valence-corrected chi connectivity index (χ4v) is 3.43. The Labute approximate surface area is 100 Å². The summed E-state index contributed by atoms with van der Waals surface area (Å²) in [5.41, 5.74) is 0. The number of hydrogen-bond acceptors (Lipinski definition) is 3. The van der Waals surface area contributed by atoms with Crippen molar-refractivity contribution < 1.29 is 8.42 Å². The summed E-state index contributed by atoms with van der Waals surface area (Å²) in [6.07, 6.45) is 1.23. The van der Waals surface area contributed by atoms with E-state index in [0.717, 1.165) is 9.75 Å². The third kappa shape index (κ3) is 2.55. The predicted octanol–water partition coefficient (Wildman–Crippen LogP) is 3.16. The highest BCUT2D eigenvalue weighted by Crippen LogP contribution is 2.40. The summed E-state index contributed by atoms with van der Waals surface area (Å²) in [7, 11) is -3.17. The van der Waals surface area contributed by atoms with E-state index in [1.165, 1.54) is 6.26 Å². The third-order valence-corrected chi connectivity index (χ3v) is 6.83. The third-order valence-electron chi connectivity index (χ3n) is 2.58. The summed E-state index contributed by atoms with van der Waals surface area (Å²) >= 11 is 7.77. The molecule has 0 aliphatic rings. The monoisotopic (exact) mass is 266 g/mol. The summed E-state index contributed by atoms with van der Waals surface area (Å²) < 4.78 is 22.3. The molecule has 1 aromatic rings. The second kappa shape index (κ2) is 4.07. The maximum Gasteiger partial charge on any atom is 0.154 e. The lowest BCUT2D eigenvalue weighted by Crippen LogP contribution is -2.35. The van der Waals surface area contributed by atoms with Crippen LogP contribution in [0.25, 0.3) is 0 Å². The Bertz CT molecular complexity index is 446. The van der Waals surface area contributed by atoms with Crippen molar-refractivity contribution in [1.29, 1.82) is 0 Å². The van der Waals surface area contributed by atoms with Gasteiger partial charge in [0.15, 0.2) is 9.84 Å². The molecule has 0 N–H and O–H groups in total. The molecule has 0 saturated heterocycles. The summed E-state index contributed by atoms with van der Waals surface area (Å²) in [6, 6.07) is 3.85. The summed E-state index contributed by atoms with van der Waals surface area (Å²) in [5, 5.41) is -0.494. The van der Waals surface area contributed by atoms with Crippen molar-refractivity contribution in [2.45, 2.75) is 30.9 Å². The van der Waals surface area contributed by atoms with Gasteiger partial charge in [-0.3, -0.25) is 0 Å². The molecule has 5 heteroatoms. The van der Waals surface area contributed by atoms with Crippen LogP contribution in [0.3, 0.4) is 0 Å². The van der Waals surface area contributed by atoms with E-state index in [9.17, 15) is 8.42 Å². The minimum Gasteiger partial charge on any atom is -0.229 e. The Hall–Kier alpha value is -0.0600. The van der Waals surface area contributed by atoms with Crippen LogP contribution < -0.4 is 0 Å². The van der Waals surface area contributed by atoms with Crippen LogP contribution in [0.4, 0.5) is 0 Å². The van der Waals surface area contributed by atoms with E-state index in [2.05, 4.69) is 0 Å². The average Bonchev–Trinajstić information content (AvgIpc) is 2.48. The molecular formula is C10H15ClO2S2. The van der Waals surface area contributed by atoms with Gasteiger partial charge in [0.25, 0.3) is 0 Å².